The van der Waals surface area contributed by atoms with E-state index in [9.17, 15) is 0 Å². The number of benzene rings is 6. The molecular weight excluding hydrogens is 716 g/mol. The second kappa shape index (κ2) is 15.6. The van der Waals surface area contributed by atoms with E-state index < -0.39 is 10.8 Å². The highest BCUT2D eigenvalue weighted by Crippen LogP contribution is 2.61. The first-order chi connectivity index (χ1) is 24.9. The Morgan fingerprint density at radius 1 is 0.365 bits per heavy atom. The van der Waals surface area contributed by atoms with Gasteiger partial charge in [-0.25, -0.2) is 0 Å². The van der Waals surface area contributed by atoms with Crippen LogP contribution in [0, 0.1) is 0 Å². The van der Waals surface area contributed by atoms with Crippen molar-refractivity contribution in [2.45, 2.75) is 89.9 Å². The molecule has 0 aromatic heterocycles. The van der Waals surface area contributed by atoms with Gasteiger partial charge in [0, 0.05) is 9.50 Å². The highest BCUT2D eigenvalue weighted by molar-refractivity contribution is 9.10. The molecule has 0 bridgehead atoms. The molecule has 0 radical (unpaired) electrons. The summed E-state index contributed by atoms with van der Waals surface area (Å²) in [6, 6.07) is 55.2. The van der Waals surface area contributed by atoms with Crippen LogP contribution in [0.15, 0.2) is 150 Å². The van der Waals surface area contributed by atoms with Crippen molar-refractivity contribution >= 4 is 27.5 Å². The van der Waals surface area contributed by atoms with E-state index in [1.807, 2.05) is 0 Å². The maximum absolute atomic E-state index is 6.80. The Kier molecular flexibility index (Phi) is 11.3. The largest absolute Gasteiger partial charge is 0.0843 e. The summed E-state index contributed by atoms with van der Waals surface area (Å²) in [6.07, 6.45) is 0. The minimum atomic E-state index is -0.781. The topological polar surface area (TPSA) is 0 Å². The molecule has 266 valence electrons. The fourth-order valence-corrected chi connectivity index (χ4v) is 8.58. The lowest BCUT2D eigenvalue weighted by atomic mass is 9.46. The fourth-order valence-electron chi connectivity index (χ4n) is 8.19. The van der Waals surface area contributed by atoms with Crippen molar-refractivity contribution in [3.63, 3.8) is 0 Å². The van der Waals surface area contributed by atoms with Crippen molar-refractivity contribution in [2.24, 2.45) is 0 Å². The van der Waals surface area contributed by atoms with Gasteiger partial charge in [0.2, 0.25) is 0 Å². The predicted octanol–water partition coefficient (Wildman–Crippen LogP) is 15.0. The zero-order valence-electron chi connectivity index (χ0n) is 31.9. The minimum Gasteiger partial charge on any atom is -0.0843 e. The maximum atomic E-state index is 6.80. The van der Waals surface area contributed by atoms with E-state index >= 15 is 0 Å². The second-order valence-electron chi connectivity index (χ2n) is 15.6. The normalized spacial score (nSPS) is 12.3. The molecule has 0 atom stereocenters. The van der Waals surface area contributed by atoms with Crippen molar-refractivity contribution in [1.29, 1.82) is 0 Å². The van der Waals surface area contributed by atoms with E-state index in [1.165, 1.54) is 55.6 Å². The predicted molar refractivity (Wildman–Crippen MR) is 227 cm³/mol. The first-order valence-electron chi connectivity index (χ1n) is 18.8. The zero-order valence-corrected chi connectivity index (χ0v) is 34.3. The van der Waals surface area contributed by atoms with Crippen molar-refractivity contribution in [1.82, 2.24) is 0 Å². The Labute approximate surface area is 326 Å². The monoisotopic (exact) mass is 766 g/mol. The van der Waals surface area contributed by atoms with Crippen LogP contribution in [0.4, 0.5) is 0 Å². The van der Waals surface area contributed by atoms with Crippen molar-refractivity contribution in [3.05, 3.63) is 211 Å². The van der Waals surface area contributed by atoms with Crippen molar-refractivity contribution < 1.29 is 0 Å². The molecule has 6 aromatic rings. The molecule has 0 aliphatic heterocycles. The molecule has 0 N–H and O–H groups in total. The molecule has 0 fully saturated rings. The van der Waals surface area contributed by atoms with E-state index in [2.05, 4.69) is 217 Å². The third-order valence-electron chi connectivity index (χ3n) is 11.0. The van der Waals surface area contributed by atoms with Gasteiger partial charge in [-0.3, -0.25) is 0 Å². The molecule has 0 amide bonds. The van der Waals surface area contributed by atoms with E-state index in [1.54, 1.807) is 0 Å². The van der Waals surface area contributed by atoms with Gasteiger partial charge in [0.15, 0.2) is 0 Å². The Balaban J connectivity index is 2.03. The molecule has 0 aliphatic rings. The summed E-state index contributed by atoms with van der Waals surface area (Å²) in [4.78, 5) is 0. The number of hydrogen-bond donors (Lipinski definition) is 0. The average molecular weight is 768 g/mol. The molecule has 2 heteroatoms. The molecular formula is C50H52BrCl. The van der Waals surface area contributed by atoms with E-state index in [0.717, 1.165) is 9.50 Å². The summed E-state index contributed by atoms with van der Waals surface area (Å²) in [5.74, 6) is 1.35. The maximum Gasteiger partial charge on any atom is 0.0629 e. The summed E-state index contributed by atoms with van der Waals surface area (Å²) >= 11 is 10.6. The lowest BCUT2D eigenvalue weighted by molar-refractivity contribution is 0.418. The van der Waals surface area contributed by atoms with Gasteiger partial charge in [0.05, 0.1) is 10.8 Å². The van der Waals surface area contributed by atoms with Gasteiger partial charge in [-0.15, -0.1) is 0 Å². The van der Waals surface area contributed by atoms with Crippen LogP contribution in [-0.4, -0.2) is 0 Å². The summed E-state index contributed by atoms with van der Waals surface area (Å²) in [6.45, 7) is 18.6. The van der Waals surface area contributed by atoms with Gasteiger partial charge in [-0.05, 0) is 104 Å². The van der Waals surface area contributed by atoms with Crippen LogP contribution in [0.3, 0.4) is 0 Å². The Bertz CT molecular complexity index is 1930. The van der Waals surface area contributed by atoms with Gasteiger partial charge < -0.3 is 0 Å². The van der Waals surface area contributed by atoms with Gasteiger partial charge in [-0.2, -0.15) is 0 Å². The summed E-state index contributed by atoms with van der Waals surface area (Å²) in [5, 5.41) is 0.726. The van der Waals surface area contributed by atoms with Crippen LogP contribution in [0.25, 0.3) is 0 Å². The second-order valence-corrected chi connectivity index (χ2v) is 17.0. The summed E-state index contributed by atoms with van der Waals surface area (Å²) in [5.41, 5.74) is 11.2. The summed E-state index contributed by atoms with van der Waals surface area (Å²) in [7, 11) is 0. The SMILES string of the molecule is CC(C)c1cc(C(C)C)cc(C(c2ccc(Cl)cc2)(c2cc(C(C)C)cc(C(C)C)c2)C(c2ccccc2)(c2ccccc2)c2ccc(Br)cc2)c1. The lowest BCUT2D eigenvalue weighted by Gasteiger charge is -2.54. The number of halogens is 2. The van der Waals surface area contributed by atoms with Crippen LogP contribution in [0.5, 0.6) is 0 Å². The molecule has 6 rings (SSSR count). The number of hydrogen-bond acceptors (Lipinski definition) is 0. The van der Waals surface area contributed by atoms with E-state index in [0.29, 0.717) is 23.7 Å². The molecule has 0 saturated heterocycles. The third kappa shape index (κ3) is 6.83. The lowest BCUT2D eigenvalue weighted by Crippen LogP contribution is -2.53. The van der Waals surface area contributed by atoms with Gasteiger partial charge in [0.25, 0.3) is 0 Å². The van der Waals surface area contributed by atoms with Crippen LogP contribution in [-0.2, 0) is 10.8 Å². The van der Waals surface area contributed by atoms with Crippen LogP contribution in [0.1, 0.15) is 135 Å². The fraction of sp³-hybridized carbons (Fsp3) is 0.280. The molecule has 0 heterocycles. The quantitative estimate of drug-likeness (QED) is 0.115. The molecule has 0 saturated carbocycles. The molecule has 0 nitrogen and oxygen atoms in total. The Morgan fingerprint density at radius 3 is 0.981 bits per heavy atom. The molecule has 0 spiro atoms. The van der Waals surface area contributed by atoms with Crippen LogP contribution < -0.4 is 0 Å². The molecule has 52 heavy (non-hydrogen) atoms. The number of rotatable bonds is 11. The van der Waals surface area contributed by atoms with Gasteiger partial charge >= 0.3 is 0 Å². The molecule has 0 aliphatic carbocycles. The Hall–Kier alpha value is -3.91. The van der Waals surface area contributed by atoms with E-state index in [-0.39, 0.29) is 0 Å². The summed E-state index contributed by atoms with van der Waals surface area (Å²) < 4.78 is 1.05. The van der Waals surface area contributed by atoms with Crippen LogP contribution in [0.2, 0.25) is 5.02 Å². The van der Waals surface area contributed by atoms with Crippen LogP contribution >= 0.6 is 27.5 Å². The first kappa shape index (κ1) is 37.8. The van der Waals surface area contributed by atoms with Crippen molar-refractivity contribution in [2.75, 3.05) is 0 Å². The highest BCUT2D eigenvalue weighted by atomic mass is 79.9. The Morgan fingerprint density at radius 2 is 0.654 bits per heavy atom. The molecule has 0 unspecified atom stereocenters. The minimum absolute atomic E-state index is 0.337. The third-order valence-corrected chi connectivity index (χ3v) is 11.8. The van der Waals surface area contributed by atoms with E-state index in [4.69, 9.17) is 11.6 Å². The molecule has 6 aromatic carbocycles. The van der Waals surface area contributed by atoms with Gasteiger partial charge in [-0.1, -0.05) is 204 Å². The standard InChI is InChI=1S/C50H52BrCl/c1-33(2)37-27-38(34(3)4)30-45(29-37)50(44-21-25-48(52)26-22-44,46-31-39(35(5)6)28-40(32-46)36(7)8)49(41-15-11-9-12-16-41,42-17-13-10-14-18-42)43-19-23-47(51)24-20-43/h9-36H,1-8H3. The zero-order chi connectivity index (χ0) is 37.2. The highest BCUT2D eigenvalue weighted by Gasteiger charge is 2.58. The smallest absolute Gasteiger partial charge is 0.0629 e. The van der Waals surface area contributed by atoms with Crippen molar-refractivity contribution in [3.8, 4) is 0 Å². The first-order valence-corrected chi connectivity index (χ1v) is 20.0. The van der Waals surface area contributed by atoms with Gasteiger partial charge in [0.1, 0.15) is 0 Å². The average Bonchev–Trinajstić information content (AvgIpc) is 3.15.